The van der Waals surface area contributed by atoms with Crippen LogP contribution in [0.4, 0.5) is 0 Å². The summed E-state index contributed by atoms with van der Waals surface area (Å²) in [6.07, 6.45) is 1.83. The third-order valence-electron chi connectivity index (χ3n) is 3.69. The highest BCUT2D eigenvalue weighted by Crippen LogP contribution is 2.16. The Morgan fingerprint density at radius 3 is 2.52 bits per heavy atom. The quantitative estimate of drug-likeness (QED) is 0.641. The van der Waals surface area contributed by atoms with Crippen molar-refractivity contribution >= 4 is 5.97 Å². The molecule has 0 spiro atoms. The molecule has 0 saturated carbocycles. The maximum atomic E-state index is 12.6. The Morgan fingerprint density at radius 2 is 1.88 bits per heavy atom. The predicted molar refractivity (Wildman–Crippen MR) is 88.0 cm³/mol. The van der Waals surface area contributed by atoms with Crippen LogP contribution < -0.4 is 0 Å². The highest BCUT2D eigenvalue weighted by atomic mass is 16.5. The van der Waals surface area contributed by atoms with Crippen molar-refractivity contribution in [1.29, 1.82) is 5.26 Å². The number of hydrogen-bond acceptors (Lipinski definition) is 6. The van der Waals surface area contributed by atoms with Gasteiger partial charge in [0.1, 0.15) is 12.9 Å². The number of carbonyl (C=O) groups is 1. The SMILES string of the molecule is N#Cc1ccc(COC(=O)C(Cc2ccccc2)n2cnnn2)cc1. The third kappa shape index (κ3) is 4.26. The number of nitrogens with zero attached hydrogens (tertiary/aromatic N) is 5. The van der Waals surface area contributed by atoms with Crippen LogP contribution in [0.5, 0.6) is 0 Å². The summed E-state index contributed by atoms with van der Waals surface area (Å²) in [7, 11) is 0. The summed E-state index contributed by atoms with van der Waals surface area (Å²) in [5, 5.41) is 19.8. The fourth-order valence-electron chi connectivity index (χ4n) is 2.36. The summed E-state index contributed by atoms with van der Waals surface area (Å²) in [5.41, 5.74) is 2.35. The second kappa shape index (κ2) is 7.84. The monoisotopic (exact) mass is 333 g/mol. The minimum absolute atomic E-state index is 0.123. The Labute approximate surface area is 144 Å². The molecule has 1 aromatic heterocycles. The topological polar surface area (TPSA) is 93.7 Å². The van der Waals surface area contributed by atoms with Crippen molar-refractivity contribution in [1.82, 2.24) is 20.2 Å². The normalized spacial score (nSPS) is 11.5. The molecule has 0 radical (unpaired) electrons. The maximum absolute atomic E-state index is 12.6. The van der Waals surface area contributed by atoms with Gasteiger partial charge >= 0.3 is 5.97 Å². The first-order chi connectivity index (χ1) is 12.3. The molecule has 0 amide bonds. The van der Waals surface area contributed by atoms with Gasteiger partial charge in [0.2, 0.25) is 0 Å². The Balaban J connectivity index is 1.69. The van der Waals surface area contributed by atoms with Gasteiger partial charge in [-0.1, -0.05) is 42.5 Å². The van der Waals surface area contributed by atoms with Crippen molar-refractivity contribution in [3.8, 4) is 6.07 Å². The van der Waals surface area contributed by atoms with Crippen LogP contribution in [0.15, 0.2) is 60.9 Å². The predicted octanol–water partition coefficient (Wildman–Crippen LogP) is 2.07. The fourth-order valence-corrected chi connectivity index (χ4v) is 2.36. The number of benzene rings is 2. The van der Waals surface area contributed by atoms with E-state index in [1.807, 2.05) is 36.4 Å². The van der Waals surface area contributed by atoms with Crippen LogP contribution in [0.3, 0.4) is 0 Å². The van der Waals surface area contributed by atoms with Crippen molar-refractivity contribution < 1.29 is 9.53 Å². The first-order valence-corrected chi connectivity index (χ1v) is 7.68. The van der Waals surface area contributed by atoms with Crippen LogP contribution in [0.1, 0.15) is 22.7 Å². The molecule has 0 aliphatic rings. The van der Waals surface area contributed by atoms with E-state index in [4.69, 9.17) is 10.00 Å². The fraction of sp³-hybridized carbons (Fsp3) is 0.167. The van der Waals surface area contributed by atoms with E-state index >= 15 is 0 Å². The van der Waals surface area contributed by atoms with Gasteiger partial charge in [-0.3, -0.25) is 0 Å². The Kier molecular flexibility index (Phi) is 5.12. The first-order valence-electron chi connectivity index (χ1n) is 7.68. The van der Waals surface area contributed by atoms with Crippen LogP contribution in [-0.4, -0.2) is 26.2 Å². The van der Waals surface area contributed by atoms with Crippen LogP contribution in [-0.2, 0) is 22.6 Å². The molecule has 0 aliphatic heterocycles. The molecule has 25 heavy (non-hydrogen) atoms. The highest BCUT2D eigenvalue weighted by molar-refractivity contribution is 5.74. The van der Waals surface area contributed by atoms with Crippen LogP contribution in [0.25, 0.3) is 0 Å². The summed E-state index contributed by atoms with van der Waals surface area (Å²) in [6, 6.07) is 17.9. The molecule has 0 saturated heterocycles. The molecule has 3 rings (SSSR count). The van der Waals surface area contributed by atoms with Crippen LogP contribution in [0.2, 0.25) is 0 Å². The average Bonchev–Trinajstić information content (AvgIpc) is 3.20. The molecule has 0 aliphatic carbocycles. The molecular weight excluding hydrogens is 318 g/mol. The van der Waals surface area contributed by atoms with Crippen LogP contribution >= 0.6 is 0 Å². The molecule has 0 N–H and O–H groups in total. The van der Waals surface area contributed by atoms with Gasteiger partial charge in [-0.25, -0.2) is 9.48 Å². The van der Waals surface area contributed by atoms with Gasteiger partial charge in [-0.05, 0) is 33.7 Å². The van der Waals surface area contributed by atoms with Gasteiger partial charge in [0.05, 0.1) is 11.6 Å². The molecular formula is C18H15N5O2. The molecule has 1 heterocycles. The zero-order valence-corrected chi connectivity index (χ0v) is 13.3. The van der Waals surface area contributed by atoms with E-state index in [0.29, 0.717) is 12.0 Å². The second-order valence-corrected chi connectivity index (χ2v) is 5.41. The molecule has 2 aromatic carbocycles. The first kappa shape index (κ1) is 16.3. The lowest BCUT2D eigenvalue weighted by molar-refractivity contribution is -0.149. The molecule has 1 atom stereocenters. The second-order valence-electron chi connectivity index (χ2n) is 5.41. The summed E-state index contributed by atoms with van der Waals surface area (Å²) in [4.78, 5) is 12.6. The summed E-state index contributed by atoms with van der Waals surface area (Å²) in [5.74, 6) is -0.416. The van der Waals surface area contributed by atoms with Crippen molar-refractivity contribution in [3.63, 3.8) is 0 Å². The van der Waals surface area contributed by atoms with Crippen molar-refractivity contribution in [2.24, 2.45) is 0 Å². The van der Waals surface area contributed by atoms with Gasteiger partial charge in [0, 0.05) is 6.42 Å². The van der Waals surface area contributed by atoms with E-state index in [1.54, 1.807) is 24.3 Å². The number of carbonyl (C=O) groups excluding carboxylic acids is 1. The standard InChI is InChI=1S/C18H15N5O2/c19-11-15-6-8-16(9-7-15)12-25-18(24)17(23-13-20-21-22-23)10-14-4-2-1-3-5-14/h1-9,13,17H,10,12H2. The molecule has 124 valence electrons. The van der Waals surface area contributed by atoms with Gasteiger partial charge in [0.25, 0.3) is 0 Å². The minimum atomic E-state index is -0.643. The van der Waals surface area contributed by atoms with E-state index in [0.717, 1.165) is 11.1 Å². The molecule has 7 nitrogen and oxygen atoms in total. The van der Waals surface area contributed by atoms with E-state index in [-0.39, 0.29) is 6.61 Å². The number of esters is 1. The summed E-state index contributed by atoms with van der Waals surface area (Å²) < 4.78 is 6.82. The van der Waals surface area contributed by atoms with Crippen molar-refractivity contribution in [3.05, 3.63) is 77.6 Å². The summed E-state index contributed by atoms with van der Waals surface area (Å²) >= 11 is 0. The molecule has 0 fully saturated rings. The molecule has 3 aromatic rings. The zero-order valence-electron chi connectivity index (χ0n) is 13.3. The number of tetrazole rings is 1. The summed E-state index contributed by atoms with van der Waals surface area (Å²) in [6.45, 7) is 0.123. The number of rotatable bonds is 6. The highest BCUT2D eigenvalue weighted by Gasteiger charge is 2.24. The van der Waals surface area contributed by atoms with Crippen LogP contribution in [0, 0.1) is 11.3 Å². The van der Waals surface area contributed by atoms with E-state index in [2.05, 4.69) is 15.5 Å². The molecule has 1 unspecified atom stereocenters. The third-order valence-corrected chi connectivity index (χ3v) is 3.69. The number of nitriles is 1. The van der Waals surface area contributed by atoms with E-state index < -0.39 is 12.0 Å². The lowest BCUT2D eigenvalue weighted by atomic mass is 10.1. The Morgan fingerprint density at radius 1 is 1.12 bits per heavy atom. The largest absolute Gasteiger partial charge is 0.459 e. The van der Waals surface area contributed by atoms with Gasteiger partial charge < -0.3 is 4.74 Å². The molecule has 0 bridgehead atoms. The van der Waals surface area contributed by atoms with Gasteiger partial charge in [0.15, 0.2) is 6.04 Å². The Bertz CT molecular complexity index is 855. The average molecular weight is 333 g/mol. The zero-order chi connectivity index (χ0) is 17.5. The smallest absolute Gasteiger partial charge is 0.331 e. The van der Waals surface area contributed by atoms with Crippen molar-refractivity contribution in [2.45, 2.75) is 19.1 Å². The number of aromatic nitrogens is 4. The lowest BCUT2D eigenvalue weighted by Gasteiger charge is -2.15. The Hall–Kier alpha value is -3.53. The minimum Gasteiger partial charge on any atom is -0.459 e. The van der Waals surface area contributed by atoms with E-state index in [9.17, 15) is 4.79 Å². The van der Waals surface area contributed by atoms with Gasteiger partial charge in [-0.2, -0.15) is 5.26 Å². The maximum Gasteiger partial charge on any atom is 0.331 e. The number of hydrogen-bond donors (Lipinski definition) is 0. The van der Waals surface area contributed by atoms with Gasteiger partial charge in [-0.15, -0.1) is 5.10 Å². The molecule has 7 heteroatoms. The lowest BCUT2D eigenvalue weighted by Crippen LogP contribution is -2.24. The number of ether oxygens (including phenoxy) is 1. The van der Waals surface area contributed by atoms with Crippen molar-refractivity contribution in [2.75, 3.05) is 0 Å². The van der Waals surface area contributed by atoms with E-state index in [1.165, 1.54) is 11.0 Å².